The number of amides is 2. The van der Waals surface area contributed by atoms with Gasteiger partial charge >= 0.3 is 0 Å². The minimum atomic E-state index is -0.369. The second-order valence-corrected chi connectivity index (χ2v) is 2.75. The minimum Gasteiger partial charge on any atom is -0.364 e. The van der Waals surface area contributed by atoms with Crippen molar-refractivity contribution in [1.29, 1.82) is 0 Å². The van der Waals surface area contributed by atoms with Gasteiger partial charge in [0.1, 0.15) is 12.0 Å². The van der Waals surface area contributed by atoms with E-state index in [2.05, 4.69) is 20.3 Å². The molecule has 1 heterocycles. The molecule has 0 unspecified atom stereocenters. The van der Waals surface area contributed by atoms with Crippen LogP contribution in [0.15, 0.2) is 16.9 Å². The fourth-order valence-electron chi connectivity index (χ4n) is 0.831. The maximum Gasteiger partial charge on any atom is 0.239 e. The predicted molar refractivity (Wildman–Crippen MR) is 50.4 cm³/mol. The molecule has 0 spiro atoms. The smallest absolute Gasteiger partial charge is 0.239 e. The Kier molecular flexibility index (Phi) is 4.30. The lowest BCUT2D eigenvalue weighted by Crippen LogP contribution is -2.39. The van der Waals surface area contributed by atoms with Gasteiger partial charge in [0.05, 0.1) is 19.6 Å². The summed E-state index contributed by atoms with van der Waals surface area (Å²) in [5, 5.41) is 8.49. The van der Waals surface area contributed by atoms with Gasteiger partial charge in [-0.2, -0.15) is 0 Å². The van der Waals surface area contributed by atoms with Crippen LogP contribution in [0.4, 0.5) is 0 Å². The molecule has 0 aliphatic carbocycles. The first kappa shape index (κ1) is 11.2. The van der Waals surface area contributed by atoms with Crippen LogP contribution in [-0.4, -0.2) is 30.1 Å². The summed E-state index contributed by atoms with van der Waals surface area (Å²) in [4.78, 5) is 21.8. The zero-order valence-corrected chi connectivity index (χ0v) is 8.03. The van der Waals surface area contributed by atoms with Crippen LogP contribution >= 0.6 is 0 Å². The maximum absolute atomic E-state index is 11.1. The molecule has 7 heteroatoms. The van der Waals surface area contributed by atoms with E-state index in [0.29, 0.717) is 5.69 Å². The average Bonchev–Trinajstić information content (AvgIpc) is 2.75. The van der Waals surface area contributed by atoms with Crippen LogP contribution in [0.5, 0.6) is 0 Å². The van der Waals surface area contributed by atoms with Gasteiger partial charge in [0.25, 0.3) is 0 Å². The van der Waals surface area contributed by atoms with E-state index in [4.69, 9.17) is 5.73 Å². The van der Waals surface area contributed by atoms with E-state index in [-0.39, 0.29) is 31.4 Å². The molecule has 0 aromatic carbocycles. The molecule has 0 bridgehead atoms. The third-order valence-corrected chi connectivity index (χ3v) is 1.59. The molecule has 0 saturated heterocycles. The molecule has 7 nitrogen and oxygen atoms in total. The summed E-state index contributed by atoms with van der Waals surface area (Å²) in [5.74, 6) is -0.675. The number of hydrogen-bond donors (Lipinski definition) is 3. The van der Waals surface area contributed by atoms with Gasteiger partial charge in [-0.3, -0.25) is 9.59 Å². The van der Waals surface area contributed by atoms with Crippen LogP contribution < -0.4 is 16.4 Å². The highest BCUT2D eigenvalue weighted by Gasteiger charge is 2.04. The number of rotatable bonds is 5. The van der Waals surface area contributed by atoms with Crippen molar-refractivity contribution in [3.63, 3.8) is 0 Å². The Labute approximate surface area is 86.0 Å². The lowest BCUT2D eigenvalue weighted by Gasteiger charge is -2.03. The van der Waals surface area contributed by atoms with Crippen molar-refractivity contribution in [2.75, 3.05) is 13.1 Å². The van der Waals surface area contributed by atoms with Crippen molar-refractivity contribution in [1.82, 2.24) is 15.8 Å². The topological polar surface area (TPSA) is 110 Å². The van der Waals surface area contributed by atoms with Crippen molar-refractivity contribution in [3.05, 3.63) is 18.0 Å². The average molecular weight is 212 g/mol. The van der Waals surface area contributed by atoms with Gasteiger partial charge in [0.2, 0.25) is 11.8 Å². The molecule has 15 heavy (non-hydrogen) atoms. The minimum absolute atomic E-state index is 0.0894. The lowest BCUT2D eigenvalue weighted by molar-refractivity contribution is -0.125. The molecule has 0 radical (unpaired) electrons. The Hall–Kier alpha value is -1.89. The first-order valence-corrected chi connectivity index (χ1v) is 4.35. The molecule has 0 aliphatic heterocycles. The van der Waals surface area contributed by atoms with Crippen LogP contribution in [0.25, 0.3) is 0 Å². The number of nitrogens with zero attached hydrogens (tertiary/aromatic N) is 1. The van der Waals surface area contributed by atoms with Crippen LogP contribution in [-0.2, 0) is 16.1 Å². The van der Waals surface area contributed by atoms with Gasteiger partial charge in [-0.1, -0.05) is 5.16 Å². The summed E-state index contributed by atoms with van der Waals surface area (Å²) in [6.45, 7) is 0.0538. The molecule has 82 valence electrons. The van der Waals surface area contributed by atoms with Crippen LogP contribution in [0.2, 0.25) is 0 Å². The summed E-state index contributed by atoms with van der Waals surface area (Å²) < 4.78 is 4.57. The summed E-state index contributed by atoms with van der Waals surface area (Å²) in [6, 6.07) is 1.64. The Morgan fingerprint density at radius 3 is 2.80 bits per heavy atom. The Balaban J connectivity index is 2.16. The second-order valence-electron chi connectivity index (χ2n) is 2.75. The standard InChI is InChI=1S/C8H12N4O3/c9-3-7(13)11-5-8(14)10-4-6-1-2-15-12-6/h1-2H,3-5,9H2,(H,10,14)(H,11,13). The maximum atomic E-state index is 11.1. The fourth-order valence-corrected chi connectivity index (χ4v) is 0.831. The van der Waals surface area contributed by atoms with Crippen molar-refractivity contribution in [2.45, 2.75) is 6.54 Å². The zero-order chi connectivity index (χ0) is 11.1. The Morgan fingerprint density at radius 1 is 1.40 bits per heavy atom. The largest absolute Gasteiger partial charge is 0.364 e. The fraction of sp³-hybridized carbons (Fsp3) is 0.375. The van der Waals surface area contributed by atoms with Gasteiger partial charge in [-0.25, -0.2) is 0 Å². The van der Waals surface area contributed by atoms with E-state index in [1.807, 2.05) is 0 Å². The quantitative estimate of drug-likeness (QED) is 0.542. The number of carbonyl (C=O) groups is 2. The number of aromatic nitrogens is 1. The van der Waals surface area contributed by atoms with Crippen molar-refractivity contribution >= 4 is 11.8 Å². The highest BCUT2D eigenvalue weighted by Crippen LogP contribution is 1.91. The van der Waals surface area contributed by atoms with Gasteiger partial charge in [0.15, 0.2) is 0 Å². The zero-order valence-electron chi connectivity index (χ0n) is 8.03. The first-order chi connectivity index (χ1) is 7.22. The van der Waals surface area contributed by atoms with Crippen LogP contribution in [0.1, 0.15) is 5.69 Å². The normalized spacial score (nSPS) is 9.67. The van der Waals surface area contributed by atoms with Crippen LogP contribution in [0.3, 0.4) is 0 Å². The van der Waals surface area contributed by atoms with Crippen molar-refractivity contribution in [2.24, 2.45) is 5.73 Å². The molecule has 0 aliphatic rings. The highest BCUT2D eigenvalue weighted by molar-refractivity contribution is 5.85. The Morgan fingerprint density at radius 2 is 2.20 bits per heavy atom. The predicted octanol–water partition coefficient (Wildman–Crippen LogP) is -1.63. The Bertz CT molecular complexity index is 323. The number of nitrogens with one attached hydrogen (secondary N) is 2. The molecule has 1 aromatic rings. The van der Waals surface area contributed by atoms with E-state index in [0.717, 1.165) is 0 Å². The van der Waals surface area contributed by atoms with Gasteiger partial charge in [0, 0.05) is 6.07 Å². The molecular weight excluding hydrogens is 200 g/mol. The van der Waals surface area contributed by atoms with Gasteiger partial charge in [-0.15, -0.1) is 0 Å². The molecule has 1 aromatic heterocycles. The van der Waals surface area contributed by atoms with Crippen LogP contribution in [0, 0.1) is 0 Å². The molecular formula is C8H12N4O3. The lowest BCUT2D eigenvalue weighted by atomic mass is 10.4. The van der Waals surface area contributed by atoms with E-state index in [1.165, 1.54) is 6.26 Å². The summed E-state index contributed by atoms with van der Waals surface area (Å²) in [6.07, 6.45) is 1.41. The van der Waals surface area contributed by atoms with Gasteiger partial charge in [-0.05, 0) is 0 Å². The van der Waals surface area contributed by atoms with Gasteiger partial charge < -0.3 is 20.9 Å². The van der Waals surface area contributed by atoms with E-state index in [1.54, 1.807) is 6.07 Å². The van der Waals surface area contributed by atoms with Crippen molar-refractivity contribution in [3.8, 4) is 0 Å². The van der Waals surface area contributed by atoms with E-state index >= 15 is 0 Å². The molecule has 0 saturated carbocycles. The van der Waals surface area contributed by atoms with Crippen molar-refractivity contribution < 1.29 is 14.1 Å². The molecule has 2 amide bonds. The first-order valence-electron chi connectivity index (χ1n) is 4.35. The summed E-state index contributed by atoms with van der Waals surface area (Å²) in [7, 11) is 0. The third-order valence-electron chi connectivity index (χ3n) is 1.59. The molecule has 0 fully saturated rings. The van der Waals surface area contributed by atoms with E-state index < -0.39 is 0 Å². The third kappa shape index (κ3) is 4.23. The highest BCUT2D eigenvalue weighted by atomic mass is 16.5. The summed E-state index contributed by atoms with van der Waals surface area (Å²) in [5.41, 5.74) is 5.66. The molecule has 1 rings (SSSR count). The van der Waals surface area contributed by atoms with E-state index in [9.17, 15) is 9.59 Å². The number of carbonyl (C=O) groups excluding carboxylic acids is 2. The summed E-state index contributed by atoms with van der Waals surface area (Å²) >= 11 is 0. The number of nitrogens with two attached hydrogens (primary N) is 1. The second kappa shape index (κ2) is 5.76. The molecule has 0 atom stereocenters. The monoisotopic (exact) mass is 212 g/mol. The number of hydrogen-bond acceptors (Lipinski definition) is 5. The SMILES string of the molecule is NCC(=O)NCC(=O)NCc1ccon1. The molecule has 4 N–H and O–H groups in total.